The largest absolute Gasteiger partial charge is 0.416 e. The summed E-state index contributed by atoms with van der Waals surface area (Å²) >= 11 is 0. The molecule has 0 saturated heterocycles. The van der Waals surface area contributed by atoms with Crippen LogP contribution >= 0.6 is 0 Å². The summed E-state index contributed by atoms with van der Waals surface area (Å²) in [6, 6.07) is 8.25. The lowest BCUT2D eigenvalue weighted by atomic mass is 9.95. The van der Waals surface area contributed by atoms with E-state index in [0.29, 0.717) is 5.69 Å². The molecule has 0 aromatic heterocycles. The normalized spacial score (nSPS) is 15.4. The van der Waals surface area contributed by atoms with Crippen molar-refractivity contribution in [2.45, 2.75) is 44.3 Å². The third kappa shape index (κ3) is 4.99. The molecular formula is C20H20F4N2O. The quantitative estimate of drug-likeness (QED) is 0.654. The van der Waals surface area contributed by atoms with Gasteiger partial charge in [-0.15, -0.1) is 0 Å². The Morgan fingerprint density at radius 1 is 0.926 bits per heavy atom. The number of alkyl halides is 3. The van der Waals surface area contributed by atoms with E-state index in [1.807, 2.05) is 0 Å². The van der Waals surface area contributed by atoms with E-state index < -0.39 is 23.5 Å². The molecule has 2 N–H and O–H groups in total. The molecule has 7 heteroatoms. The maximum absolute atomic E-state index is 13.1. The van der Waals surface area contributed by atoms with Crippen molar-refractivity contribution < 1.29 is 22.4 Å². The first-order valence-electron chi connectivity index (χ1n) is 8.87. The van der Waals surface area contributed by atoms with Gasteiger partial charge in [0.1, 0.15) is 5.82 Å². The molecule has 1 aliphatic rings. The second kappa shape index (κ2) is 7.98. The summed E-state index contributed by atoms with van der Waals surface area (Å²) in [4.78, 5) is 12.4. The minimum Gasteiger partial charge on any atom is -0.381 e. The number of nitrogens with one attached hydrogen (secondary N) is 2. The Balaban J connectivity index is 1.86. The standard InChI is InChI=1S/C20H20F4N2O/c21-15-9-6-13(7-10-15)19(27)26-18-12-14(20(22,23)24)8-11-17(18)25-16-4-2-1-3-5-16/h6-12,16,25H,1-5H2,(H,26,27). The van der Waals surface area contributed by atoms with Gasteiger partial charge in [0.05, 0.1) is 16.9 Å². The highest BCUT2D eigenvalue weighted by Crippen LogP contribution is 2.35. The number of carbonyl (C=O) groups excluding carboxylic acids is 1. The number of carbonyl (C=O) groups is 1. The molecule has 2 aromatic carbocycles. The van der Waals surface area contributed by atoms with E-state index in [9.17, 15) is 22.4 Å². The van der Waals surface area contributed by atoms with E-state index in [1.165, 1.54) is 18.2 Å². The van der Waals surface area contributed by atoms with Crippen LogP contribution < -0.4 is 10.6 Å². The van der Waals surface area contributed by atoms with E-state index in [-0.39, 0.29) is 17.3 Å². The smallest absolute Gasteiger partial charge is 0.381 e. The third-order valence-corrected chi connectivity index (χ3v) is 4.67. The molecule has 1 saturated carbocycles. The number of amides is 1. The SMILES string of the molecule is O=C(Nc1cc(C(F)(F)F)ccc1NC1CCCCC1)c1ccc(F)cc1. The van der Waals surface area contributed by atoms with Crippen LogP contribution in [-0.2, 0) is 6.18 Å². The number of benzene rings is 2. The number of hydrogen-bond donors (Lipinski definition) is 2. The van der Waals surface area contributed by atoms with Crippen LogP contribution in [0.5, 0.6) is 0 Å². The third-order valence-electron chi connectivity index (χ3n) is 4.67. The van der Waals surface area contributed by atoms with Crippen molar-refractivity contribution in [2.75, 3.05) is 10.6 Å². The van der Waals surface area contributed by atoms with Crippen molar-refractivity contribution in [3.63, 3.8) is 0 Å². The van der Waals surface area contributed by atoms with Crippen molar-refractivity contribution in [1.82, 2.24) is 0 Å². The second-order valence-corrected chi connectivity index (χ2v) is 6.70. The molecule has 144 valence electrons. The van der Waals surface area contributed by atoms with E-state index in [0.717, 1.165) is 56.4 Å². The molecule has 1 fully saturated rings. The van der Waals surface area contributed by atoms with Crippen molar-refractivity contribution in [1.29, 1.82) is 0 Å². The first-order chi connectivity index (χ1) is 12.8. The van der Waals surface area contributed by atoms with Gasteiger partial charge in [-0.2, -0.15) is 13.2 Å². The van der Waals surface area contributed by atoms with Gasteiger partial charge in [0, 0.05) is 11.6 Å². The molecule has 1 aliphatic carbocycles. The number of hydrogen-bond acceptors (Lipinski definition) is 2. The Morgan fingerprint density at radius 2 is 1.59 bits per heavy atom. The highest BCUT2D eigenvalue weighted by molar-refractivity contribution is 6.06. The molecule has 1 amide bonds. The first kappa shape index (κ1) is 19.2. The zero-order valence-electron chi connectivity index (χ0n) is 14.6. The summed E-state index contributed by atoms with van der Waals surface area (Å²) in [6.07, 6.45) is 0.641. The topological polar surface area (TPSA) is 41.1 Å². The summed E-state index contributed by atoms with van der Waals surface area (Å²) in [5, 5.41) is 5.78. The Kier molecular flexibility index (Phi) is 5.68. The van der Waals surface area contributed by atoms with Gasteiger partial charge < -0.3 is 10.6 Å². The molecule has 0 unspecified atom stereocenters. The van der Waals surface area contributed by atoms with Gasteiger partial charge in [-0.25, -0.2) is 4.39 Å². The fraction of sp³-hybridized carbons (Fsp3) is 0.350. The molecular weight excluding hydrogens is 360 g/mol. The highest BCUT2D eigenvalue weighted by atomic mass is 19.4. The van der Waals surface area contributed by atoms with Gasteiger partial charge in [-0.1, -0.05) is 19.3 Å². The second-order valence-electron chi connectivity index (χ2n) is 6.70. The fourth-order valence-electron chi connectivity index (χ4n) is 3.21. The molecule has 0 spiro atoms. The highest BCUT2D eigenvalue weighted by Gasteiger charge is 2.31. The van der Waals surface area contributed by atoms with Crippen molar-refractivity contribution in [2.24, 2.45) is 0 Å². The minimum atomic E-state index is -4.52. The lowest BCUT2D eigenvalue weighted by molar-refractivity contribution is -0.137. The zero-order chi connectivity index (χ0) is 19.4. The summed E-state index contributed by atoms with van der Waals surface area (Å²) in [7, 11) is 0. The predicted molar refractivity (Wildman–Crippen MR) is 96.3 cm³/mol. The molecule has 0 atom stereocenters. The lowest BCUT2D eigenvalue weighted by Gasteiger charge is -2.25. The van der Waals surface area contributed by atoms with Crippen LogP contribution in [0.15, 0.2) is 42.5 Å². The average Bonchev–Trinajstić information content (AvgIpc) is 2.63. The molecule has 0 heterocycles. The van der Waals surface area contributed by atoms with E-state index in [4.69, 9.17) is 0 Å². The monoisotopic (exact) mass is 380 g/mol. The Bertz CT molecular complexity index is 797. The van der Waals surface area contributed by atoms with Crippen LogP contribution in [0.2, 0.25) is 0 Å². The molecule has 3 rings (SSSR count). The van der Waals surface area contributed by atoms with E-state index >= 15 is 0 Å². The summed E-state index contributed by atoms with van der Waals surface area (Å²) in [5.74, 6) is -1.09. The van der Waals surface area contributed by atoms with E-state index in [1.54, 1.807) is 0 Å². The summed E-state index contributed by atoms with van der Waals surface area (Å²) in [6.45, 7) is 0. The summed E-state index contributed by atoms with van der Waals surface area (Å²) < 4.78 is 52.3. The lowest BCUT2D eigenvalue weighted by Crippen LogP contribution is -2.24. The van der Waals surface area contributed by atoms with Crippen molar-refractivity contribution >= 4 is 17.3 Å². The van der Waals surface area contributed by atoms with Crippen LogP contribution in [0, 0.1) is 5.82 Å². The van der Waals surface area contributed by atoms with E-state index in [2.05, 4.69) is 10.6 Å². The molecule has 0 aliphatic heterocycles. The molecule has 0 radical (unpaired) electrons. The van der Waals surface area contributed by atoms with Gasteiger partial charge in [0.25, 0.3) is 5.91 Å². The zero-order valence-corrected chi connectivity index (χ0v) is 14.6. The number of rotatable bonds is 4. The molecule has 2 aromatic rings. The van der Waals surface area contributed by atoms with Crippen LogP contribution in [0.4, 0.5) is 28.9 Å². The van der Waals surface area contributed by atoms with Crippen molar-refractivity contribution in [3.05, 3.63) is 59.4 Å². The van der Waals surface area contributed by atoms with Gasteiger partial charge in [0.15, 0.2) is 0 Å². The molecule has 3 nitrogen and oxygen atoms in total. The van der Waals surface area contributed by atoms with Crippen molar-refractivity contribution in [3.8, 4) is 0 Å². The first-order valence-corrected chi connectivity index (χ1v) is 8.87. The Hall–Kier alpha value is -2.57. The van der Waals surface area contributed by atoms with Gasteiger partial charge >= 0.3 is 6.18 Å². The predicted octanol–water partition coefficient (Wildman–Crippen LogP) is 5.84. The average molecular weight is 380 g/mol. The maximum Gasteiger partial charge on any atom is 0.416 e. The minimum absolute atomic E-state index is 0.0599. The maximum atomic E-state index is 13.1. The van der Waals surface area contributed by atoms with Crippen LogP contribution in [-0.4, -0.2) is 11.9 Å². The number of anilines is 2. The summed E-state index contributed by atoms with van der Waals surface area (Å²) in [5.41, 5.74) is -0.168. The van der Waals surface area contributed by atoms with Gasteiger partial charge in [-0.05, 0) is 55.3 Å². The molecule has 0 bridgehead atoms. The van der Waals surface area contributed by atoms with Crippen LogP contribution in [0.3, 0.4) is 0 Å². The Labute approximate surface area is 154 Å². The number of halogens is 4. The van der Waals surface area contributed by atoms with Crippen LogP contribution in [0.25, 0.3) is 0 Å². The van der Waals surface area contributed by atoms with Crippen LogP contribution in [0.1, 0.15) is 48.0 Å². The Morgan fingerprint density at radius 3 is 2.22 bits per heavy atom. The van der Waals surface area contributed by atoms with Gasteiger partial charge in [0.2, 0.25) is 0 Å². The van der Waals surface area contributed by atoms with Gasteiger partial charge in [-0.3, -0.25) is 4.79 Å². The fourth-order valence-corrected chi connectivity index (χ4v) is 3.21. The molecule has 27 heavy (non-hydrogen) atoms.